The van der Waals surface area contributed by atoms with Crippen molar-refractivity contribution in [2.45, 2.75) is 28.9 Å². The monoisotopic (exact) mass is 636 g/mol. The first kappa shape index (κ1) is 27.1. The number of benzene rings is 5. The molecule has 0 saturated heterocycles. The minimum Gasteiger partial charge on any atom is -0.312 e. The number of allylic oxidation sites excluding steroid dienone is 1. The summed E-state index contributed by atoms with van der Waals surface area (Å²) in [6.07, 6.45) is 11.4. The normalized spacial score (nSPS) is 17.3. The molecule has 3 heterocycles. The van der Waals surface area contributed by atoms with Crippen molar-refractivity contribution in [3.05, 3.63) is 154 Å². The van der Waals surface area contributed by atoms with Gasteiger partial charge in [0.1, 0.15) is 0 Å². The highest BCUT2D eigenvalue weighted by molar-refractivity contribution is 8.00. The molecule has 5 aromatic carbocycles. The molecule has 10 rings (SSSR count). The fourth-order valence-corrected chi connectivity index (χ4v) is 10.7. The molecule has 7 aromatic rings. The molecule has 222 valence electrons. The SMILES string of the molecule is N#Cc1ccc(-c2ccc3c(c2)C2c4sc5ccc(-c6ccccc6)cc5c4C=CC2S3)c(-n2c3c(c4ccccc42)C=CCC3)c1. The van der Waals surface area contributed by atoms with Crippen LogP contribution in [0, 0.1) is 11.3 Å². The maximum Gasteiger partial charge on any atom is 0.0992 e. The molecular formula is C43H28N2S2. The van der Waals surface area contributed by atoms with E-state index in [9.17, 15) is 5.26 Å². The minimum atomic E-state index is 0.319. The molecule has 0 spiro atoms. The van der Waals surface area contributed by atoms with Crippen LogP contribution in [0.2, 0.25) is 0 Å². The van der Waals surface area contributed by atoms with E-state index in [-0.39, 0.29) is 0 Å². The quantitative estimate of drug-likeness (QED) is 0.193. The van der Waals surface area contributed by atoms with Gasteiger partial charge >= 0.3 is 0 Å². The number of nitriles is 1. The molecule has 2 aliphatic carbocycles. The van der Waals surface area contributed by atoms with E-state index in [0.717, 1.165) is 24.1 Å². The lowest BCUT2D eigenvalue weighted by atomic mass is 9.85. The smallest absolute Gasteiger partial charge is 0.0992 e. The van der Waals surface area contributed by atoms with Crippen molar-refractivity contribution < 1.29 is 0 Å². The second-order valence-electron chi connectivity index (χ2n) is 12.6. The van der Waals surface area contributed by atoms with Crippen LogP contribution in [0.5, 0.6) is 0 Å². The van der Waals surface area contributed by atoms with E-state index < -0.39 is 0 Å². The van der Waals surface area contributed by atoms with Crippen LogP contribution in [-0.4, -0.2) is 9.82 Å². The Labute approximate surface area is 281 Å². The molecule has 0 amide bonds. The molecule has 3 aliphatic rings. The molecule has 2 aromatic heterocycles. The third-order valence-electron chi connectivity index (χ3n) is 10.1. The molecule has 47 heavy (non-hydrogen) atoms. The first-order valence-electron chi connectivity index (χ1n) is 16.2. The van der Waals surface area contributed by atoms with Gasteiger partial charge in [0.2, 0.25) is 0 Å². The number of rotatable bonds is 3. The zero-order chi connectivity index (χ0) is 31.1. The van der Waals surface area contributed by atoms with E-state index in [2.05, 4.69) is 138 Å². The summed E-state index contributed by atoms with van der Waals surface area (Å²) >= 11 is 3.95. The lowest BCUT2D eigenvalue weighted by molar-refractivity contribution is 0.866. The Morgan fingerprint density at radius 3 is 2.53 bits per heavy atom. The van der Waals surface area contributed by atoms with E-state index in [4.69, 9.17) is 0 Å². The topological polar surface area (TPSA) is 28.7 Å². The van der Waals surface area contributed by atoms with Crippen LogP contribution in [0.4, 0.5) is 0 Å². The Hall–Kier alpha value is -5.08. The summed E-state index contributed by atoms with van der Waals surface area (Å²) in [5, 5.41) is 13.0. The van der Waals surface area contributed by atoms with E-state index in [1.807, 2.05) is 29.2 Å². The number of para-hydroxylation sites is 1. The molecule has 1 aliphatic heterocycles. The number of fused-ring (bicyclic) bond motifs is 10. The Bertz CT molecular complexity index is 2520. The highest BCUT2D eigenvalue weighted by Gasteiger charge is 2.38. The average Bonchev–Trinajstić information content (AvgIpc) is 3.80. The summed E-state index contributed by atoms with van der Waals surface area (Å²) in [5.41, 5.74) is 13.2. The summed E-state index contributed by atoms with van der Waals surface area (Å²) < 4.78 is 3.77. The molecule has 0 N–H and O–H groups in total. The van der Waals surface area contributed by atoms with Crippen molar-refractivity contribution in [3.8, 4) is 34.0 Å². The predicted octanol–water partition coefficient (Wildman–Crippen LogP) is 11.6. The second-order valence-corrected chi connectivity index (χ2v) is 14.9. The Balaban J connectivity index is 1.13. The van der Waals surface area contributed by atoms with Gasteiger partial charge in [-0.05, 0) is 83.1 Å². The number of hydrogen-bond acceptors (Lipinski definition) is 3. The number of thioether (sulfide) groups is 1. The summed E-state index contributed by atoms with van der Waals surface area (Å²) in [5.74, 6) is 0.319. The Morgan fingerprint density at radius 2 is 1.62 bits per heavy atom. The standard InChI is InChI=1S/C43H28N2S2/c44-25-26-14-17-30(38(22-26)45-36-12-6-4-10-31(36)32-11-5-7-13-37(32)45)29-16-20-40-35(24-29)42-41(46-40)21-18-33-34-23-28(27-8-2-1-3-9-27)15-19-39(34)47-43(33)42/h1-6,8-12,14-24,41-42H,7,13H2. The largest absolute Gasteiger partial charge is 0.312 e. The van der Waals surface area contributed by atoms with Crippen molar-refractivity contribution in [2.24, 2.45) is 0 Å². The highest BCUT2D eigenvalue weighted by Crippen LogP contribution is 2.56. The van der Waals surface area contributed by atoms with Gasteiger partial charge in [-0.2, -0.15) is 5.26 Å². The molecule has 0 bridgehead atoms. The first-order valence-corrected chi connectivity index (χ1v) is 17.9. The fraction of sp³-hybridized carbons (Fsp3) is 0.0930. The van der Waals surface area contributed by atoms with E-state index in [0.29, 0.717) is 16.7 Å². The van der Waals surface area contributed by atoms with Crippen molar-refractivity contribution >= 4 is 56.2 Å². The summed E-state index contributed by atoms with van der Waals surface area (Å²) in [6, 6.07) is 42.0. The zero-order valence-electron chi connectivity index (χ0n) is 25.5. The average molecular weight is 637 g/mol. The van der Waals surface area contributed by atoms with Crippen LogP contribution in [0.15, 0.2) is 126 Å². The van der Waals surface area contributed by atoms with Gasteiger partial charge in [-0.1, -0.05) is 91.0 Å². The van der Waals surface area contributed by atoms with E-state index in [1.165, 1.54) is 69.8 Å². The van der Waals surface area contributed by atoms with Gasteiger partial charge in [-0.3, -0.25) is 0 Å². The molecular weight excluding hydrogens is 609 g/mol. The van der Waals surface area contributed by atoms with Gasteiger partial charge in [0.15, 0.2) is 0 Å². The number of thiophene rings is 1. The maximum absolute atomic E-state index is 9.99. The fourth-order valence-electron chi connectivity index (χ4n) is 7.92. The van der Waals surface area contributed by atoms with Gasteiger partial charge in [0.05, 0.1) is 22.8 Å². The van der Waals surface area contributed by atoms with Crippen LogP contribution in [0.25, 0.3) is 61.1 Å². The Kier molecular flexibility index (Phi) is 6.03. The molecule has 0 fully saturated rings. The number of hydrogen-bond donors (Lipinski definition) is 0. The molecule has 4 heteroatoms. The highest BCUT2D eigenvalue weighted by atomic mass is 32.2. The van der Waals surface area contributed by atoms with Crippen molar-refractivity contribution in [2.75, 3.05) is 0 Å². The molecule has 2 nitrogen and oxygen atoms in total. The van der Waals surface area contributed by atoms with Gasteiger partial charge in [-0.25, -0.2) is 0 Å². The number of nitrogens with zero attached hydrogens (tertiary/aromatic N) is 2. The van der Waals surface area contributed by atoms with Crippen LogP contribution in [-0.2, 0) is 6.42 Å². The summed E-state index contributed by atoms with van der Waals surface area (Å²) in [4.78, 5) is 2.84. The maximum atomic E-state index is 9.99. The molecule has 0 radical (unpaired) electrons. The van der Waals surface area contributed by atoms with Crippen LogP contribution >= 0.6 is 23.1 Å². The van der Waals surface area contributed by atoms with E-state index in [1.54, 1.807) is 0 Å². The molecule has 2 atom stereocenters. The summed E-state index contributed by atoms with van der Waals surface area (Å²) in [7, 11) is 0. The zero-order valence-corrected chi connectivity index (χ0v) is 27.1. The lowest BCUT2D eigenvalue weighted by Gasteiger charge is -2.21. The third-order valence-corrected chi connectivity index (χ3v) is 12.7. The van der Waals surface area contributed by atoms with Gasteiger partial charge in [0.25, 0.3) is 0 Å². The van der Waals surface area contributed by atoms with Gasteiger partial charge in [0, 0.05) is 53.2 Å². The van der Waals surface area contributed by atoms with Crippen LogP contribution in [0.3, 0.4) is 0 Å². The van der Waals surface area contributed by atoms with Crippen molar-refractivity contribution in [3.63, 3.8) is 0 Å². The van der Waals surface area contributed by atoms with Crippen molar-refractivity contribution in [1.29, 1.82) is 5.26 Å². The second kappa shape index (κ2) is 10.5. The predicted molar refractivity (Wildman–Crippen MR) is 199 cm³/mol. The molecule has 0 saturated carbocycles. The molecule has 2 unspecified atom stereocenters. The van der Waals surface area contributed by atoms with Crippen LogP contribution < -0.4 is 0 Å². The lowest BCUT2D eigenvalue weighted by Crippen LogP contribution is -2.12. The minimum absolute atomic E-state index is 0.319. The Morgan fingerprint density at radius 1 is 0.745 bits per heavy atom. The van der Waals surface area contributed by atoms with Crippen LogP contribution in [0.1, 0.15) is 45.2 Å². The van der Waals surface area contributed by atoms with Crippen molar-refractivity contribution in [1.82, 2.24) is 4.57 Å². The first-order chi connectivity index (χ1) is 23.2. The van der Waals surface area contributed by atoms with Gasteiger partial charge in [-0.15, -0.1) is 23.1 Å². The van der Waals surface area contributed by atoms with Gasteiger partial charge < -0.3 is 4.57 Å². The number of aromatic nitrogens is 1. The third kappa shape index (κ3) is 4.10. The summed E-state index contributed by atoms with van der Waals surface area (Å²) in [6.45, 7) is 0. The van der Waals surface area contributed by atoms with E-state index >= 15 is 0 Å².